The van der Waals surface area contributed by atoms with Gasteiger partial charge in [-0.1, -0.05) is 36.4 Å². The Hall–Kier alpha value is -2.62. The maximum Gasteiger partial charge on any atom is 0.311 e. The predicted octanol–water partition coefficient (Wildman–Crippen LogP) is 3.77. The first-order valence-electron chi connectivity index (χ1n) is 7.15. The highest BCUT2D eigenvalue weighted by atomic mass is 16.5. The third-order valence-electron chi connectivity index (χ3n) is 3.04. The molecule has 4 heteroatoms. The van der Waals surface area contributed by atoms with Gasteiger partial charge in [0, 0.05) is 6.07 Å². The molecule has 0 fully saturated rings. The second kappa shape index (κ2) is 7.98. The van der Waals surface area contributed by atoms with Gasteiger partial charge in [0.25, 0.3) is 0 Å². The van der Waals surface area contributed by atoms with Gasteiger partial charge in [0.2, 0.25) is 0 Å². The lowest BCUT2D eigenvalue weighted by atomic mass is 10.1. The molecule has 0 amide bonds. The first kappa shape index (κ1) is 15.8. The lowest BCUT2D eigenvalue weighted by molar-refractivity contribution is -0.141. The van der Waals surface area contributed by atoms with E-state index in [1.165, 1.54) is 0 Å². The van der Waals surface area contributed by atoms with E-state index >= 15 is 0 Å². The summed E-state index contributed by atoms with van der Waals surface area (Å²) in [5.74, 6) is 0.442. The smallest absolute Gasteiger partial charge is 0.311 e. The molecule has 0 aliphatic carbocycles. The van der Waals surface area contributed by atoms with E-state index < -0.39 is 0 Å². The van der Waals surface area contributed by atoms with Crippen LogP contribution in [0.4, 0.5) is 5.69 Å². The van der Waals surface area contributed by atoms with E-state index in [1.54, 1.807) is 14.0 Å². The molecule has 114 valence electrons. The fraction of sp³-hybridized carbons (Fsp3) is 0.222. The number of ether oxygens (including phenoxy) is 2. The van der Waals surface area contributed by atoms with Crippen molar-refractivity contribution in [1.29, 1.82) is 0 Å². The summed E-state index contributed by atoms with van der Waals surface area (Å²) in [5.41, 5.74) is 2.31. The number of carbonyl (C=O) groups excluding carboxylic acids is 1. The van der Waals surface area contributed by atoms with Crippen LogP contribution in [0.2, 0.25) is 0 Å². The van der Waals surface area contributed by atoms with Crippen molar-refractivity contribution in [1.82, 2.24) is 0 Å². The summed E-state index contributed by atoms with van der Waals surface area (Å²) in [6, 6.07) is 17.0. The lowest BCUT2D eigenvalue weighted by Gasteiger charge is -2.08. The van der Waals surface area contributed by atoms with Gasteiger partial charge < -0.3 is 9.47 Å². The van der Waals surface area contributed by atoms with Crippen LogP contribution in [0.1, 0.15) is 18.9 Å². The van der Waals surface area contributed by atoms with Crippen LogP contribution in [0.5, 0.6) is 5.75 Å². The molecule has 0 heterocycles. The lowest BCUT2D eigenvalue weighted by Crippen LogP contribution is -2.12. The summed E-state index contributed by atoms with van der Waals surface area (Å²) in [6.45, 7) is 2.15. The summed E-state index contributed by atoms with van der Waals surface area (Å²) in [5, 5.41) is 0. The monoisotopic (exact) mass is 297 g/mol. The van der Waals surface area contributed by atoms with Gasteiger partial charge in [-0.05, 0) is 24.6 Å². The number of hydrogen-bond acceptors (Lipinski definition) is 4. The SMILES string of the molecule is CCOC(=O)CC(=Nc1cccc(OC)c1)c1ccccc1. The second-order valence-electron chi connectivity index (χ2n) is 4.61. The van der Waals surface area contributed by atoms with E-state index in [1.807, 2.05) is 54.6 Å². The molecule has 0 saturated heterocycles. The molecule has 0 atom stereocenters. The number of benzene rings is 2. The van der Waals surface area contributed by atoms with Crippen LogP contribution in [0, 0.1) is 0 Å². The zero-order valence-corrected chi connectivity index (χ0v) is 12.8. The molecule has 0 N–H and O–H groups in total. The van der Waals surface area contributed by atoms with Gasteiger partial charge in [-0.3, -0.25) is 9.79 Å². The number of hydrogen-bond donors (Lipinski definition) is 0. The van der Waals surface area contributed by atoms with Crippen LogP contribution in [0.25, 0.3) is 0 Å². The molecule has 0 spiro atoms. The van der Waals surface area contributed by atoms with Gasteiger partial charge in [0.15, 0.2) is 0 Å². The first-order chi connectivity index (χ1) is 10.7. The van der Waals surface area contributed by atoms with Gasteiger partial charge >= 0.3 is 5.97 Å². The number of carbonyl (C=O) groups is 1. The molecular formula is C18H19NO3. The van der Waals surface area contributed by atoms with Crippen molar-refractivity contribution >= 4 is 17.4 Å². The third-order valence-corrected chi connectivity index (χ3v) is 3.04. The van der Waals surface area contributed by atoms with Crippen molar-refractivity contribution in [3.63, 3.8) is 0 Å². The zero-order valence-electron chi connectivity index (χ0n) is 12.8. The molecule has 0 bridgehead atoms. The second-order valence-corrected chi connectivity index (χ2v) is 4.61. The summed E-state index contributed by atoms with van der Waals surface area (Å²) in [6.07, 6.45) is 0.134. The van der Waals surface area contributed by atoms with E-state index in [0.29, 0.717) is 12.3 Å². The normalized spacial score (nSPS) is 11.1. The van der Waals surface area contributed by atoms with Crippen LogP contribution in [-0.2, 0) is 9.53 Å². The molecule has 0 saturated carbocycles. The summed E-state index contributed by atoms with van der Waals surface area (Å²) >= 11 is 0. The number of nitrogens with zero attached hydrogens (tertiary/aromatic N) is 1. The van der Waals surface area contributed by atoms with Crippen molar-refractivity contribution < 1.29 is 14.3 Å². The quantitative estimate of drug-likeness (QED) is 0.602. The largest absolute Gasteiger partial charge is 0.497 e. The molecule has 0 radical (unpaired) electrons. The van der Waals surface area contributed by atoms with Gasteiger partial charge in [0.05, 0.1) is 31.5 Å². The Morgan fingerprint density at radius 1 is 1.09 bits per heavy atom. The Kier molecular flexibility index (Phi) is 5.72. The molecule has 2 rings (SSSR count). The van der Waals surface area contributed by atoms with Crippen molar-refractivity contribution in [2.75, 3.05) is 13.7 Å². The maximum absolute atomic E-state index is 11.8. The Bertz CT molecular complexity index is 650. The van der Waals surface area contributed by atoms with Gasteiger partial charge in [0.1, 0.15) is 5.75 Å². The number of aliphatic imine (C=N–C) groups is 1. The highest BCUT2D eigenvalue weighted by Crippen LogP contribution is 2.21. The van der Waals surface area contributed by atoms with E-state index in [9.17, 15) is 4.79 Å². The number of rotatable bonds is 6. The third kappa shape index (κ3) is 4.45. The molecule has 0 aromatic heterocycles. The Morgan fingerprint density at radius 3 is 2.55 bits per heavy atom. The number of esters is 1. The number of methoxy groups -OCH3 is 1. The molecule has 0 aliphatic heterocycles. The van der Waals surface area contributed by atoms with Crippen molar-refractivity contribution in [2.24, 2.45) is 4.99 Å². The minimum atomic E-state index is -0.284. The van der Waals surface area contributed by atoms with E-state index in [4.69, 9.17) is 9.47 Å². The molecule has 2 aromatic carbocycles. The van der Waals surface area contributed by atoms with E-state index in [-0.39, 0.29) is 12.4 Å². The van der Waals surface area contributed by atoms with Crippen molar-refractivity contribution in [3.05, 3.63) is 60.2 Å². The minimum Gasteiger partial charge on any atom is -0.497 e. The Labute approximate surface area is 130 Å². The van der Waals surface area contributed by atoms with Crippen LogP contribution in [-0.4, -0.2) is 25.4 Å². The first-order valence-corrected chi connectivity index (χ1v) is 7.15. The van der Waals surface area contributed by atoms with Crippen LogP contribution >= 0.6 is 0 Å². The van der Waals surface area contributed by atoms with Crippen LogP contribution < -0.4 is 4.74 Å². The summed E-state index contributed by atoms with van der Waals surface area (Å²) in [4.78, 5) is 16.4. The predicted molar refractivity (Wildman–Crippen MR) is 86.9 cm³/mol. The van der Waals surface area contributed by atoms with Gasteiger partial charge in [-0.2, -0.15) is 0 Å². The topological polar surface area (TPSA) is 47.9 Å². The van der Waals surface area contributed by atoms with Gasteiger partial charge in [-0.25, -0.2) is 0 Å². The average molecular weight is 297 g/mol. The summed E-state index contributed by atoms with van der Waals surface area (Å²) < 4.78 is 10.2. The van der Waals surface area contributed by atoms with Crippen molar-refractivity contribution in [2.45, 2.75) is 13.3 Å². The maximum atomic E-state index is 11.8. The fourth-order valence-corrected chi connectivity index (χ4v) is 2.02. The minimum absolute atomic E-state index is 0.134. The zero-order chi connectivity index (χ0) is 15.8. The molecular weight excluding hydrogens is 278 g/mol. The molecule has 2 aromatic rings. The molecule has 22 heavy (non-hydrogen) atoms. The molecule has 0 aliphatic rings. The van der Waals surface area contributed by atoms with Crippen LogP contribution in [0.15, 0.2) is 59.6 Å². The van der Waals surface area contributed by atoms with E-state index in [2.05, 4.69) is 4.99 Å². The fourth-order valence-electron chi connectivity index (χ4n) is 2.02. The van der Waals surface area contributed by atoms with Gasteiger partial charge in [-0.15, -0.1) is 0 Å². The molecule has 4 nitrogen and oxygen atoms in total. The highest BCUT2D eigenvalue weighted by molar-refractivity contribution is 6.10. The highest BCUT2D eigenvalue weighted by Gasteiger charge is 2.11. The Balaban J connectivity index is 2.34. The van der Waals surface area contributed by atoms with Crippen molar-refractivity contribution in [3.8, 4) is 5.75 Å². The summed E-state index contributed by atoms with van der Waals surface area (Å²) in [7, 11) is 1.61. The molecule has 0 unspecified atom stereocenters. The average Bonchev–Trinajstić information content (AvgIpc) is 2.55. The van der Waals surface area contributed by atoms with E-state index in [0.717, 1.165) is 17.0 Å². The van der Waals surface area contributed by atoms with Crippen LogP contribution in [0.3, 0.4) is 0 Å². The Morgan fingerprint density at radius 2 is 1.86 bits per heavy atom. The standard InChI is InChI=1S/C18H19NO3/c1-3-22-18(20)13-17(14-8-5-4-6-9-14)19-15-10-7-11-16(12-15)21-2/h4-12H,3,13H2,1-2H3.